The van der Waals surface area contributed by atoms with Crippen LogP contribution in [-0.2, 0) is 11.2 Å². The van der Waals surface area contributed by atoms with E-state index in [9.17, 15) is 4.79 Å². The molecule has 0 radical (unpaired) electrons. The largest absolute Gasteiger partial charge is 0.483 e. The lowest BCUT2D eigenvalue weighted by Gasteiger charge is -2.14. The Balaban J connectivity index is 1.96. The Morgan fingerprint density at radius 2 is 2.37 bits per heavy atom. The molecule has 1 amide bonds. The molecular formula is C15H22N2O2. The second-order valence-corrected chi connectivity index (χ2v) is 5.13. The normalized spacial score (nSPS) is 18.8. The fraction of sp³-hybridized carbons (Fsp3) is 0.533. The van der Waals surface area contributed by atoms with Crippen LogP contribution in [0.5, 0.6) is 5.75 Å². The molecule has 0 fully saturated rings. The number of fused-ring (bicyclic) bond motifs is 1. The fourth-order valence-electron chi connectivity index (χ4n) is 2.35. The molecule has 1 aliphatic rings. The standard InChI is InChI=1S/C15H22N2O2/c1-3-10(2)17-15(18)9-19-14-6-4-5-11-12(14)7-8-13(11)16/h4-6,10,13H,3,7-9,16H2,1-2H3,(H,17,18). The molecule has 0 saturated heterocycles. The molecule has 2 unspecified atom stereocenters. The SMILES string of the molecule is CCC(C)NC(=O)COc1cccc2c1CCC2N. The summed E-state index contributed by atoms with van der Waals surface area (Å²) in [5.41, 5.74) is 8.33. The van der Waals surface area contributed by atoms with Crippen LogP contribution in [0.15, 0.2) is 18.2 Å². The Kier molecular flexibility index (Phi) is 4.43. The number of carbonyl (C=O) groups excluding carboxylic acids is 1. The van der Waals surface area contributed by atoms with Gasteiger partial charge in [0.1, 0.15) is 5.75 Å². The summed E-state index contributed by atoms with van der Waals surface area (Å²) >= 11 is 0. The minimum atomic E-state index is -0.0748. The predicted molar refractivity (Wildman–Crippen MR) is 75.1 cm³/mol. The lowest BCUT2D eigenvalue weighted by Crippen LogP contribution is -2.35. The molecule has 0 bridgehead atoms. The molecule has 2 rings (SSSR count). The van der Waals surface area contributed by atoms with E-state index in [1.54, 1.807) is 0 Å². The number of amides is 1. The molecule has 0 spiro atoms. The van der Waals surface area contributed by atoms with Crippen molar-refractivity contribution in [3.05, 3.63) is 29.3 Å². The Hall–Kier alpha value is -1.55. The molecule has 1 aliphatic carbocycles. The van der Waals surface area contributed by atoms with Crippen molar-refractivity contribution in [1.29, 1.82) is 0 Å². The molecule has 3 N–H and O–H groups in total. The molecule has 1 aromatic rings. The van der Waals surface area contributed by atoms with E-state index in [4.69, 9.17) is 10.5 Å². The topological polar surface area (TPSA) is 64.3 Å². The number of hydrogen-bond acceptors (Lipinski definition) is 3. The molecule has 0 aliphatic heterocycles. The second kappa shape index (κ2) is 6.06. The molecule has 0 saturated carbocycles. The summed E-state index contributed by atoms with van der Waals surface area (Å²) < 4.78 is 5.64. The minimum absolute atomic E-state index is 0.0655. The summed E-state index contributed by atoms with van der Waals surface area (Å²) in [5.74, 6) is 0.721. The first-order valence-corrected chi connectivity index (χ1v) is 6.91. The van der Waals surface area contributed by atoms with E-state index in [0.717, 1.165) is 36.1 Å². The van der Waals surface area contributed by atoms with E-state index in [-0.39, 0.29) is 24.6 Å². The quantitative estimate of drug-likeness (QED) is 0.852. The Labute approximate surface area is 114 Å². The highest BCUT2D eigenvalue weighted by atomic mass is 16.5. The van der Waals surface area contributed by atoms with Crippen LogP contribution >= 0.6 is 0 Å². The maximum Gasteiger partial charge on any atom is 0.258 e. The van der Waals surface area contributed by atoms with Crippen molar-refractivity contribution < 1.29 is 9.53 Å². The summed E-state index contributed by atoms with van der Waals surface area (Å²) in [7, 11) is 0. The number of benzene rings is 1. The van der Waals surface area contributed by atoms with Crippen LogP contribution in [0, 0.1) is 0 Å². The average molecular weight is 262 g/mol. The summed E-state index contributed by atoms with van der Waals surface area (Å²) in [6, 6.07) is 6.18. The van der Waals surface area contributed by atoms with Crippen molar-refractivity contribution in [2.75, 3.05) is 6.61 Å². The fourth-order valence-corrected chi connectivity index (χ4v) is 2.35. The van der Waals surface area contributed by atoms with Crippen molar-refractivity contribution in [3.63, 3.8) is 0 Å². The maximum atomic E-state index is 11.7. The van der Waals surface area contributed by atoms with Crippen molar-refractivity contribution in [2.24, 2.45) is 5.73 Å². The van der Waals surface area contributed by atoms with Crippen LogP contribution in [0.25, 0.3) is 0 Å². The number of hydrogen-bond donors (Lipinski definition) is 2. The van der Waals surface area contributed by atoms with Gasteiger partial charge < -0.3 is 15.8 Å². The Bertz CT molecular complexity index is 459. The van der Waals surface area contributed by atoms with Crippen LogP contribution in [0.2, 0.25) is 0 Å². The summed E-state index contributed by atoms with van der Waals surface area (Å²) in [6.07, 6.45) is 2.80. The lowest BCUT2D eigenvalue weighted by atomic mass is 10.1. The number of carbonyl (C=O) groups is 1. The summed E-state index contributed by atoms with van der Waals surface area (Å²) in [6.45, 7) is 4.09. The lowest BCUT2D eigenvalue weighted by molar-refractivity contribution is -0.123. The van der Waals surface area contributed by atoms with Crippen LogP contribution in [-0.4, -0.2) is 18.6 Å². The van der Waals surface area contributed by atoms with E-state index in [1.165, 1.54) is 0 Å². The average Bonchev–Trinajstić information content (AvgIpc) is 2.79. The molecular weight excluding hydrogens is 240 g/mol. The molecule has 1 aromatic carbocycles. The highest BCUT2D eigenvalue weighted by Crippen LogP contribution is 2.35. The monoisotopic (exact) mass is 262 g/mol. The summed E-state index contributed by atoms with van der Waals surface area (Å²) in [4.78, 5) is 11.7. The number of ether oxygens (including phenoxy) is 1. The third-order valence-electron chi connectivity index (χ3n) is 3.65. The highest BCUT2D eigenvalue weighted by Gasteiger charge is 2.22. The van der Waals surface area contributed by atoms with E-state index in [1.807, 2.05) is 32.0 Å². The Morgan fingerprint density at radius 1 is 1.58 bits per heavy atom. The van der Waals surface area contributed by atoms with Crippen LogP contribution in [0.1, 0.15) is 43.9 Å². The van der Waals surface area contributed by atoms with Crippen LogP contribution in [0.4, 0.5) is 0 Å². The van der Waals surface area contributed by atoms with E-state index >= 15 is 0 Å². The molecule has 0 heterocycles. The van der Waals surface area contributed by atoms with Gasteiger partial charge in [-0.2, -0.15) is 0 Å². The molecule has 104 valence electrons. The van der Waals surface area contributed by atoms with Crippen LogP contribution < -0.4 is 15.8 Å². The zero-order chi connectivity index (χ0) is 13.8. The van der Waals surface area contributed by atoms with Crippen molar-refractivity contribution in [1.82, 2.24) is 5.32 Å². The van der Waals surface area contributed by atoms with Crippen molar-refractivity contribution in [3.8, 4) is 5.75 Å². The van der Waals surface area contributed by atoms with Gasteiger partial charge in [0.05, 0.1) is 0 Å². The van der Waals surface area contributed by atoms with Gasteiger partial charge in [0.25, 0.3) is 5.91 Å². The van der Waals surface area contributed by atoms with Gasteiger partial charge in [0, 0.05) is 12.1 Å². The number of rotatable bonds is 5. The van der Waals surface area contributed by atoms with Gasteiger partial charge in [-0.05, 0) is 43.4 Å². The van der Waals surface area contributed by atoms with Gasteiger partial charge in [0.2, 0.25) is 0 Å². The second-order valence-electron chi connectivity index (χ2n) is 5.13. The van der Waals surface area contributed by atoms with Gasteiger partial charge in [0.15, 0.2) is 6.61 Å². The molecule has 4 heteroatoms. The first-order valence-electron chi connectivity index (χ1n) is 6.91. The zero-order valence-corrected chi connectivity index (χ0v) is 11.6. The maximum absolute atomic E-state index is 11.7. The molecule has 4 nitrogen and oxygen atoms in total. The summed E-state index contributed by atoms with van der Waals surface area (Å²) in [5, 5.41) is 2.89. The Morgan fingerprint density at radius 3 is 3.11 bits per heavy atom. The molecule has 2 atom stereocenters. The zero-order valence-electron chi connectivity index (χ0n) is 11.6. The number of nitrogens with one attached hydrogen (secondary N) is 1. The van der Waals surface area contributed by atoms with Gasteiger partial charge in [-0.15, -0.1) is 0 Å². The molecule has 0 aromatic heterocycles. The van der Waals surface area contributed by atoms with Crippen LogP contribution in [0.3, 0.4) is 0 Å². The third kappa shape index (κ3) is 3.26. The number of nitrogens with two attached hydrogens (primary N) is 1. The van der Waals surface area contributed by atoms with Gasteiger partial charge in [-0.3, -0.25) is 4.79 Å². The first-order chi connectivity index (χ1) is 9.11. The third-order valence-corrected chi connectivity index (χ3v) is 3.65. The molecule has 19 heavy (non-hydrogen) atoms. The van der Waals surface area contributed by atoms with E-state index in [0.29, 0.717) is 0 Å². The van der Waals surface area contributed by atoms with Crippen molar-refractivity contribution in [2.45, 2.75) is 45.2 Å². The van der Waals surface area contributed by atoms with E-state index in [2.05, 4.69) is 5.32 Å². The van der Waals surface area contributed by atoms with Crippen molar-refractivity contribution >= 4 is 5.91 Å². The van der Waals surface area contributed by atoms with Gasteiger partial charge in [-0.1, -0.05) is 19.1 Å². The predicted octanol–water partition coefficient (Wildman–Crippen LogP) is 1.93. The first kappa shape index (κ1) is 13.9. The minimum Gasteiger partial charge on any atom is -0.483 e. The van der Waals surface area contributed by atoms with Gasteiger partial charge >= 0.3 is 0 Å². The van der Waals surface area contributed by atoms with E-state index < -0.39 is 0 Å². The highest BCUT2D eigenvalue weighted by molar-refractivity contribution is 5.77. The van der Waals surface area contributed by atoms with Gasteiger partial charge in [-0.25, -0.2) is 0 Å². The smallest absolute Gasteiger partial charge is 0.258 e.